The highest BCUT2D eigenvalue weighted by Crippen LogP contribution is 2.42. The van der Waals surface area contributed by atoms with E-state index in [0.717, 1.165) is 76.4 Å². The molecule has 3 fully saturated rings. The van der Waals surface area contributed by atoms with E-state index in [2.05, 4.69) is 31.2 Å². The summed E-state index contributed by atoms with van der Waals surface area (Å²) in [4.78, 5) is 40.2. The smallest absolute Gasteiger partial charge is 0.220 e. The van der Waals surface area contributed by atoms with Crippen LogP contribution in [0.25, 0.3) is 32.6 Å². The average molecular weight is 758 g/mol. The number of aromatic nitrogens is 3. The number of rotatable bonds is 11. The van der Waals surface area contributed by atoms with Crippen molar-refractivity contribution in [2.45, 2.75) is 56.8 Å². The maximum Gasteiger partial charge on any atom is 0.220 e. The Morgan fingerprint density at radius 2 is 1.81 bits per heavy atom. The molecule has 11 nitrogen and oxygen atoms in total. The summed E-state index contributed by atoms with van der Waals surface area (Å²) in [7, 11) is 1.60. The molecule has 52 heavy (non-hydrogen) atoms. The van der Waals surface area contributed by atoms with Crippen LogP contribution in [0, 0.1) is 0 Å². The fourth-order valence-corrected chi connectivity index (χ4v) is 9.07. The molecule has 1 unspecified atom stereocenters. The minimum atomic E-state index is -0.0881. The van der Waals surface area contributed by atoms with Gasteiger partial charge in [-0.25, -0.2) is 15.0 Å². The lowest BCUT2D eigenvalue weighted by Gasteiger charge is -2.23. The molecule has 3 saturated heterocycles. The van der Waals surface area contributed by atoms with Crippen LogP contribution in [0.5, 0.6) is 5.88 Å². The number of nitrogens with zero attached hydrogens (tertiary/aromatic N) is 4. The number of pyridine rings is 2. The van der Waals surface area contributed by atoms with E-state index in [1.54, 1.807) is 24.6 Å². The fourth-order valence-electron chi connectivity index (χ4n) is 7.47. The number of methoxy groups -OCH3 is 1. The molecule has 0 aliphatic carbocycles. The Kier molecular flexibility index (Phi) is 9.75. The highest BCUT2D eigenvalue weighted by Gasteiger charge is 2.43. The molecular weight excluding hydrogens is 719 g/mol. The van der Waals surface area contributed by atoms with Gasteiger partial charge in [-0.05, 0) is 37.5 Å². The summed E-state index contributed by atoms with van der Waals surface area (Å²) >= 11 is 15.9. The molecule has 3 aromatic heterocycles. The Morgan fingerprint density at radius 1 is 0.981 bits per heavy atom. The number of likely N-dealkylation sites (tertiary alicyclic amines) is 1. The molecule has 8 rings (SSSR count). The van der Waals surface area contributed by atoms with Gasteiger partial charge in [-0.1, -0.05) is 59.6 Å². The van der Waals surface area contributed by atoms with Gasteiger partial charge in [0.1, 0.15) is 10.5 Å². The zero-order chi connectivity index (χ0) is 35.8. The van der Waals surface area contributed by atoms with E-state index in [-0.39, 0.29) is 23.4 Å². The Hall–Kier alpha value is -4.33. The number of ether oxygens (including phenoxy) is 1. The fraction of sp³-hybridized carbons (Fsp3) is 0.342. The number of fused-ring (bicyclic) bond motifs is 1. The van der Waals surface area contributed by atoms with Crippen molar-refractivity contribution in [3.8, 4) is 28.3 Å². The second-order valence-corrected chi connectivity index (χ2v) is 15.5. The molecule has 0 saturated carbocycles. The zero-order valence-electron chi connectivity index (χ0n) is 28.6. The van der Waals surface area contributed by atoms with Crippen molar-refractivity contribution in [1.82, 2.24) is 35.8 Å². The average Bonchev–Trinajstić information content (AvgIpc) is 3.94. The molecule has 5 aromatic rings. The van der Waals surface area contributed by atoms with E-state index < -0.39 is 0 Å². The molecule has 3 aliphatic rings. The van der Waals surface area contributed by atoms with Gasteiger partial charge in [0.05, 0.1) is 45.3 Å². The first kappa shape index (κ1) is 34.7. The van der Waals surface area contributed by atoms with Crippen LogP contribution in [0.2, 0.25) is 10.0 Å². The number of amides is 2. The van der Waals surface area contributed by atoms with Crippen LogP contribution in [0.15, 0.2) is 60.8 Å². The van der Waals surface area contributed by atoms with Crippen molar-refractivity contribution < 1.29 is 14.3 Å². The maximum atomic E-state index is 11.9. The van der Waals surface area contributed by atoms with Gasteiger partial charge in [0, 0.05) is 73.5 Å². The number of hydrogen-bond acceptors (Lipinski definition) is 10. The number of nitrogens with one attached hydrogen (secondary N) is 4. The standard InChI is InChI=1S/C38H38Cl2N8O3S/c1-51-37-22(18-41-19-23-9-11-30(49)43-23)8-10-27(45-37)26-6-2-4-24(33(26)39)25-5-3-7-28(34(25)40)44-36-35-29(13-16-42-36)52-32(46-35)20-48-17-15-38(21-48)14-12-31(50)47-38/h2-8,10,13,16,23,41H,9,11-12,14-15,17-21H2,1H3,(H,42,44)(H,43,49)(H,47,50)/t23-,38?/m1/s1. The Labute approximate surface area is 315 Å². The van der Waals surface area contributed by atoms with E-state index in [4.69, 9.17) is 37.9 Å². The molecule has 4 N–H and O–H groups in total. The zero-order valence-corrected chi connectivity index (χ0v) is 30.9. The molecule has 2 amide bonds. The lowest BCUT2D eigenvalue weighted by atomic mass is 9.97. The normalized spacial score (nSPS) is 20.2. The van der Waals surface area contributed by atoms with Crippen LogP contribution in [0.3, 0.4) is 0 Å². The first-order valence-corrected chi connectivity index (χ1v) is 19.0. The van der Waals surface area contributed by atoms with Crippen LogP contribution in [-0.2, 0) is 22.7 Å². The summed E-state index contributed by atoms with van der Waals surface area (Å²) < 4.78 is 6.69. The van der Waals surface area contributed by atoms with Gasteiger partial charge in [-0.3, -0.25) is 14.5 Å². The molecule has 268 valence electrons. The maximum absolute atomic E-state index is 11.9. The van der Waals surface area contributed by atoms with Gasteiger partial charge >= 0.3 is 0 Å². The van der Waals surface area contributed by atoms with Gasteiger partial charge in [0.15, 0.2) is 5.82 Å². The molecule has 1 spiro atoms. The summed E-state index contributed by atoms with van der Waals surface area (Å²) in [5.74, 6) is 1.38. The SMILES string of the molecule is COc1nc(-c2cccc(-c3cccc(Nc4nccc5sc(CN6CCC7(CCC(=O)N7)C6)nc45)c3Cl)c2Cl)ccc1CNC[C@H]1CCC(=O)N1. The van der Waals surface area contributed by atoms with E-state index in [1.165, 1.54) is 0 Å². The van der Waals surface area contributed by atoms with Gasteiger partial charge < -0.3 is 26.0 Å². The number of carbonyl (C=O) groups excluding carboxylic acids is 2. The second kappa shape index (κ2) is 14.6. The van der Waals surface area contributed by atoms with Gasteiger partial charge in [0.25, 0.3) is 0 Å². The number of halogens is 2. The lowest BCUT2D eigenvalue weighted by molar-refractivity contribution is -0.120. The Balaban J connectivity index is 0.999. The minimum absolute atomic E-state index is 0.0881. The van der Waals surface area contributed by atoms with Crippen molar-refractivity contribution >= 4 is 68.1 Å². The van der Waals surface area contributed by atoms with E-state index in [0.29, 0.717) is 59.1 Å². The third-order valence-corrected chi connectivity index (χ3v) is 11.9. The molecule has 2 aromatic carbocycles. The molecule has 0 bridgehead atoms. The van der Waals surface area contributed by atoms with Gasteiger partial charge in [0.2, 0.25) is 17.7 Å². The number of benzene rings is 2. The first-order valence-electron chi connectivity index (χ1n) is 17.4. The van der Waals surface area contributed by atoms with E-state index in [1.807, 2.05) is 54.6 Å². The Bertz CT molecular complexity index is 2180. The van der Waals surface area contributed by atoms with Crippen molar-refractivity contribution in [1.29, 1.82) is 0 Å². The van der Waals surface area contributed by atoms with Crippen molar-refractivity contribution in [2.24, 2.45) is 0 Å². The summed E-state index contributed by atoms with van der Waals surface area (Å²) in [5, 5.41) is 15.1. The first-order chi connectivity index (χ1) is 25.3. The Morgan fingerprint density at radius 3 is 2.60 bits per heavy atom. The minimum Gasteiger partial charge on any atom is -0.481 e. The summed E-state index contributed by atoms with van der Waals surface area (Å²) in [5.41, 5.74) is 5.24. The number of thiazole rings is 1. The second-order valence-electron chi connectivity index (χ2n) is 13.7. The lowest BCUT2D eigenvalue weighted by Crippen LogP contribution is -2.43. The molecule has 14 heteroatoms. The van der Waals surface area contributed by atoms with E-state index >= 15 is 0 Å². The van der Waals surface area contributed by atoms with Crippen LogP contribution in [-0.4, -0.2) is 70.0 Å². The van der Waals surface area contributed by atoms with Crippen LogP contribution in [0.1, 0.15) is 42.7 Å². The van der Waals surface area contributed by atoms with Crippen molar-refractivity contribution in [3.05, 3.63) is 81.4 Å². The van der Waals surface area contributed by atoms with Gasteiger partial charge in [-0.2, -0.15) is 0 Å². The van der Waals surface area contributed by atoms with Gasteiger partial charge in [-0.15, -0.1) is 11.3 Å². The summed E-state index contributed by atoms with van der Waals surface area (Å²) in [6.45, 7) is 3.73. The molecule has 0 radical (unpaired) electrons. The quantitative estimate of drug-likeness (QED) is 0.116. The molecule has 2 atom stereocenters. The third-order valence-electron chi connectivity index (χ3n) is 10.1. The van der Waals surface area contributed by atoms with Crippen LogP contribution < -0.4 is 26.0 Å². The summed E-state index contributed by atoms with van der Waals surface area (Å²) in [6.07, 6.45) is 5.67. The third kappa shape index (κ3) is 7.05. The highest BCUT2D eigenvalue weighted by atomic mass is 35.5. The molecule has 3 aliphatic heterocycles. The van der Waals surface area contributed by atoms with Crippen molar-refractivity contribution in [2.75, 3.05) is 32.1 Å². The topological polar surface area (TPSA) is 133 Å². The predicted molar refractivity (Wildman–Crippen MR) is 205 cm³/mol. The number of carbonyl (C=O) groups is 2. The molecule has 6 heterocycles. The number of anilines is 2. The largest absolute Gasteiger partial charge is 0.481 e. The van der Waals surface area contributed by atoms with Crippen LogP contribution in [0.4, 0.5) is 11.5 Å². The van der Waals surface area contributed by atoms with E-state index in [9.17, 15) is 9.59 Å². The van der Waals surface area contributed by atoms with Crippen LogP contribution >= 0.6 is 34.5 Å². The summed E-state index contributed by atoms with van der Waals surface area (Å²) in [6, 6.07) is 17.6. The highest BCUT2D eigenvalue weighted by molar-refractivity contribution is 7.18. The molecular formula is C38H38Cl2N8O3S. The predicted octanol–water partition coefficient (Wildman–Crippen LogP) is 6.70. The van der Waals surface area contributed by atoms with Crippen molar-refractivity contribution in [3.63, 3.8) is 0 Å². The monoisotopic (exact) mass is 756 g/mol. The number of hydrogen-bond donors (Lipinski definition) is 4.